The maximum absolute atomic E-state index is 10.7. The van der Waals surface area contributed by atoms with Gasteiger partial charge in [0, 0.05) is 5.56 Å². The summed E-state index contributed by atoms with van der Waals surface area (Å²) in [6, 6.07) is 29.7. The molecule has 0 aliphatic heterocycles. The fourth-order valence-electron chi connectivity index (χ4n) is 2.81. The molecule has 29 heavy (non-hydrogen) atoms. The lowest BCUT2D eigenvalue weighted by Gasteiger charge is -2.18. The molecule has 0 radical (unpaired) electrons. The van der Waals surface area contributed by atoms with Crippen LogP contribution in [0.2, 0.25) is 0 Å². The summed E-state index contributed by atoms with van der Waals surface area (Å²) in [4.78, 5) is 0. The van der Waals surface area contributed by atoms with Crippen LogP contribution in [0.5, 0.6) is 0 Å². The van der Waals surface area contributed by atoms with Gasteiger partial charge in [-0.05, 0) is 23.3 Å². The molecule has 0 unspecified atom stereocenters. The molecular formula is C26H26O3. The van der Waals surface area contributed by atoms with Crippen molar-refractivity contribution in [1.29, 1.82) is 0 Å². The first kappa shape index (κ1) is 20.8. The van der Waals surface area contributed by atoms with E-state index in [2.05, 4.69) is 11.8 Å². The van der Waals surface area contributed by atoms with Crippen molar-refractivity contribution < 1.29 is 14.6 Å². The van der Waals surface area contributed by atoms with Gasteiger partial charge in [0.1, 0.15) is 0 Å². The maximum atomic E-state index is 10.7. The lowest BCUT2D eigenvalue weighted by atomic mass is 10.0. The van der Waals surface area contributed by atoms with Crippen LogP contribution in [0.1, 0.15) is 16.7 Å². The fourth-order valence-corrected chi connectivity index (χ4v) is 2.81. The maximum Gasteiger partial charge on any atom is 0.0933 e. The van der Waals surface area contributed by atoms with Crippen LogP contribution < -0.4 is 0 Å². The topological polar surface area (TPSA) is 38.7 Å². The Morgan fingerprint density at radius 2 is 1.14 bits per heavy atom. The molecule has 1 N–H and O–H groups in total. The zero-order chi connectivity index (χ0) is 20.2. The summed E-state index contributed by atoms with van der Waals surface area (Å²) >= 11 is 0. The van der Waals surface area contributed by atoms with Crippen molar-refractivity contribution in [3.05, 3.63) is 108 Å². The second-order valence-corrected chi connectivity index (χ2v) is 6.81. The minimum absolute atomic E-state index is 0.206. The quantitative estimate of drug-likeness (QED) is 0.552. The van der Waals surface area contributed by atoms with Gasteiger partial charge < -0.3 is 14.6 Å². The lowest BCUT2D eigenvalue weighted by molar-refractivity contribution is -0.0155. The largest absolute Gasteiger partial charge is 0.389 e. The van der Waals surface area contributed by atoms with E-state index in [0.29, 0.717) is 19.8 Å². The zero-order valence-electron chi connectivity index (χ0n) is 16.4. The SMILES string of the molecule is O[C@H](COCc1ccccc1)[C@H](C#Cc1ccccc1)COCc1ccccc1. The third-order valence-electron chi connectivity index (χ3n) is 4.45. The van der Waals surface area contributed by atoms with Crippen LogP contribution in [0.15, 0.2) is 91.0 Å². The Kier molecular flexibility index (Phi) is 8.50. The van der Waals surface area contributed by atoms with Crippen LogP contribution in [-0.2, 0) is 22.7 Å². The van der Waals surface area contributed by atoms with Gasteiger partial charge in [0.25, 0.3) is 0 Å². The second kappa shape index (κ2) is 11.8. The summed E-state index contributed by atoms with van der Waals surface area (Å²) in [5, 5.41) is 10.7. The van der Waals surface area contributed by atoms with Crippen molar-refractivity contribution in [2.45, 2.75) is 19.3 Å². The highest BCUT2D eigenvalue weighted by Gasteiger charge is 2.18. The van der Waals surface area contributed by atoms with Gasteiger partial charge in [-0.15, -0.1) is 0 Å². The first-order valence-corrected chi connectivity index (χ1v) is 9.79. The van der Waals surface area contributed by atoms with Crippen LogP contribution in [-0.4, -0.2) is 24.4 Å². The van der Waals surface area contributed by atoms with Crippen LogP contribution in [0.25, 0.3) is 0 Å². The number of hydrogen-bond acceptors (Lipinski definition) is 3. The molecule has 0 amide bonds. The minimum Gasteiger partial charge on any atom is -0.389 e. The molecule has 3 nitrogen and oxygen atoms in total. The standard InChI is InChI=1S/C26H26O3/c27-26(21-29-19-24-14-8-3-9-15-24)25(17-16-22-10-4-1-5-11-22)20-28-18-23-12-6-2-7-13-23/h1-15,25-27H,18-21H2/t25-,26-/m1/s1. The first-order chi connectivity index (χ1) is 14.3. The van der Waals surface area contributed by atoms with Gasteiger partial charge in [-0.1, -0.05) is 90.7 Å². The molecule has 148 valence electrons. The molecule has 0 spiro atoms. The second-order valence-electron chi connectivity index (χ2n) is 6.81. The van der Waals surface area contributed by atoms with Crippen molar-refractivity contribution in [3.8, 4) is 11.8 Å². The Morgan fingerprint density at radius 1 is 0.655 bits per heavy atom. The van der Waals surface area contributed by atoms with E-state index in [1.54, 1.807) is 0 Å². The van der Waals surface area contributed by atoms with Gasteiger partial charge in [0.05, 0.1) is 38.4 Å². The molecule has 3 aromatic rings. The van der Waals surface area contributed by atoms with E-state index in [1.165, 1.54) is 0 Å². The molecular weight excluding hydrogens is 360 g/mol. The van der Waals surface area contributed by atoms with E-state index in [0.717, 1.165) is 16.7 Å². The number of rotatable bonds is 9. The third-order valence-corrected chi connectivity index (χ3v) is 4.45. The Bertz CT molecular complexity index is 883. The van der Waals surface area contributed by atoms with E-state index in [9.17, 15) is 5.11 Å². The molecule has 0 aromatic heterocycles. The van der Waals surface area contributed by atoms with E-state index < -0.39 is 6.10 Å². The van der Waals surface area contributed by atoms with Crippen LogP contribution in [0, 0.1) is 17.8 Å². The molecule has 0 fully saturated rings. The van der Waals surface area contributed by atoms with Crippen molar-refractivity contribution >= 4 is 0 Å². The Balaban J connectivity index is 1.57. The number of hydrogen-bond donors (Lipinski definition) is 1. The summed E-state index contributed by atoms with van der Waals surface area (Å²) in [5.74, 6) is 5.96. The van der Waals surface area contributed by atoms with Crippen molar-refractivity contribution in [2.75, 3.05) is 13.2 Å². The number of aliphatic hydroxyl groups excluding tert-OH is 1. The number of benzene rings is 3. The first-order valence-electron chi connectivity index (χ1n) is 9.79. The molecule has 2 atom stereocenters. The Hall–Kier alpha value is -2.90. The van der Waals surface area contributed by atoms with E-state index in [-0.39, 0.29) is 12.5 Å². The Morgan fingerprint density at radius 3 is 1.69 bits per heavy atom. The average Bonchev–Trinajstić information content (AvgIpc) is 2.78. The summed E-state index contributed by atoms with van der Waals surface area (Å²) in [6.07, 6.45) is -0.731. The molecule has 0 aliphatic carbocycles. The predicted molar refractivity (Wildman–Crippen MR) is 115 cm³/mol. The monoisotopic (exact) mass is 386 g/mol. The molecule has 3 heteroatoms. The summed E-state index contributed by atoms with van der Waals surface area (Å²) in [5.41, 5.74) is 3.09. The van der Waals surface area contributed by atoms with Crippen molar-refractivity contribution in [1.82, 2.24) is 0 Å². The lowest BCUT2D eigenvalue weighted by Crippen LogP contribution is -2.28. The number of ether oxygens (including phenoxy) is 2. The van der Waals surface area contributed by atoms with E-state index >= 15 is 0 Å². The summed E-state index contributed by atoms with van der Waals surface area (Å²) < 4.78 is 11.5. The molecule has 0 saturated heterocycles. The van der Waals surface area contributed by atoms with Gasteiger partial charge in [-0.25, -0.2) is 0 Å². The molecule has 0 heterocycles. The highest BCUT2D eigenvalue weighted by Crippen LogP contribution is 2.10. The minimum atomic E-state index is -0.731. The number of aliphatic hydroxyl groups is 1. The highest BCUT2D eigenvalue weighted by atomic mass is 16.5. The summed E-state index contributed by atoms with van der Waals surface area (Å²) in [7, 11) is 0. The van der Waals surface area contributed by atoms with Crippen molar-refractivity contribution in [2.24, 2.45) is 5.92 Å². The van der Waals surface area contributed by atoms with Gasteiger partial charge in [-0.3, -0.25) is 0 Å². The molecule has 0 bridgehead atoms. The molecule has 0 aliphatic rings. The molecule has 0 saturated carbocycles. The molecule has 3 rings (SSSR count). The molecule has 3 aromatic carbocycles. The fraction of sp³-hybridized carbons (Fsp3) is 0.231. The van der Waals surface area contributed by atoms with Gasteiger partial charge >= 0.3 is 0 Å². The van der Waals surface area contributed by atoms with Gasteiger partial charge in [0.15, 0.2) is 0 Å². The highest BCUT2D eigenvalue weighted by molar-refractivity contribution is 5.34. The Labute approximate surface area is 172 Å². The van der Waals surface area contributed by atoms with Gasteiger partial charge in [0.2, 0.25) is 0 Å². The van der Waals surface area contributed by atoms with E-state index in [1.807, 2.05) is 91.0 Å². The normalized spacial score (nSPS) is 12.6. The van der Waals surface area contributed by atoms with Crippen LogP contribution in [0.4, 0.5) is 0 Å². The third kappa shape index (κ3) is 7.56. The predicted octanol–water partition coefficient (Wildman–Crippen LogP) is 4.45. The zero-order valence-corrected chi connectivity index (χ0v) is 16.4. The van der Waals surface area contributed by atoms with E-state index in [4.69, 9.17) is 9.47 Å². The van der Waals surface area contributed by atoms with Crippen molar-refractivity contribution in [3.63, 3.8) is 0 Å². The smallest absolute Gasteiger partial charge is 0.0933 e. The van der Waals surface area contributed by atoms with Crippen LogP contribution in [0.3, 0.4) is 0 Å². The van der Waals surface area contributed by atoms with Gasteiger partial charge in [-0.2, -0.15) is 0 Å². The average molecular weight is 386 g/mol. The summed E-state index contributed by atoms with van der Waals surface area (Å²) in [6.45, 7) is 1.49. The van der Waals surface area contributed by atoms with Crippen LogP contribution >= 0.6 is 0 Å².